The quantitative estimate of drug-likeness (QED) is 0.524. The molecule has 0 aliphatic heterocycles. The van der Waals surface area contributed by atoms with E-state index in [4.69, 9.17) is 0 Å². The zero-order valence-electron chi connectivity index (χ0n) is 6.93. The average molecular weight is 166 g/mol. The first-order valence-corrected chi connectivity index (χ1v) is 4.48. The Kier molecular flexibility index (Phi) is 2.03. The van der Waals surface area contributed by atoms with Crippen molar-refractivity contribution >= 4 is 0 Å². The second-order valence-corrected chi connectivity index (χ2v) is 3.62. The Labute approximate surface area is 72.2 Å². The molecule has 0 saturated carbocycles. The van der Waals surface area contributed by atoms with Gasteiger partial charge in [0.15, 0.2) is 0 Å². The van der Waals surface area contributed by atoms with E-state index in [9.17, 15) is 10.2 Å². The van der Waals surface area contributed by atoms with Crippen LogP contribution in [0.15, 0.2) is 24.3 Å². The lowest BCUT2D eigenvalue weighted by atomic mass is 9.75. The van der Waals surface area contributed by atoms with E-state index >= 15 is 0 Å². The van der Waals surface area contributed by atoms with Crippen molar-refractivity contribution in [2.75, 3.05) is 0 Å². The van der Waals surface area contributed by atoms with Crippen LogP contribution in [0.4, 0.5) is 0 Å². The number of aliphatic hydroxyl groups is 2. The van der Waals surface area contributed by atoms with Gasteiger partial charge in [0.1, 0.15) is 0 Å². The minimum atomic E-state index is -0.300. The topological polar surface area (TPSA) is 40.5 Å². The van der Waals surface area contributed by atoms with E-state index in [-0.39, 0.29) is 24.0 Å². The van der Waals surface area contributed by atoms with Crippen molar-refractivity contribution in [3.05, 3.63) is 24.3 Å². The Balaban J connectivity index is 2.23. The molecule has 0 heterocycles. The van der Waals surface area contributed by atoms with Gasteiger partial charge in [-0.05, 0) is 12.8 Å². The molecule has 0 aromatic heterocycles. The summed E-state index contributed by atoms with van der Waals surface area (Å²) < 4.78 is 0. The fourth-order valence-electron chi connectivity index (χ4n) is 2.09. The molecule has 2 N–H and O–H groups in total. The highest BCUT2D eigenvalue weighted by molar-refractivity contribution is 5.13. The van der Waals surface area contributed by atoms with Crippen LogP contribution in [0.3, 0.4) is 0 Å². The van der Waals surface area contributed by atoms with Gasteiger partial charge in [0.25, 0.3) is 0 Å². The molecule has 2 aliphatic rings. The maximum absolute atomic E-state index is 9.61. The van der Waals surface area contributed by atoms with Crippen LogP contribution in [0, 0.1) is 11.8 Å². The first-order chi connectivity index (χ1) is 5.79. The molecule has 0 fully saturated rings. The van der Waals surface area contributed by atoms with E-state index in [1.54, 1.807) is 0 Å². The van der Waals surface area contributed by atoms with E-state index in [0.29, 0.717) is 0 Å². The van der Waals surface area contributed by atoms with Crippen molar-refractivity contribution in [3.63, 3.8) is 0 Å². The van der Waals surface area contributed by atoms with Crippen molar-refractivity contribution in [2.45, 2.75) is 25.0 Å². The van der Waals surface area contributed by atoms with Gasteiger partial charge in [0.05, 0.1) is 12.2 Å². The molecule has 0 radical (unpaired) electrons. The second-order valence-electron chi connectivity index (χ2n) is 3.62. The minimum absolute atomic E-state index is 0.138. The Morgan fingerprint density at radius 2 is 1.25 bits per heavy atom. The normalized spacial score (nSPS) is 45.8. The number of fused-ring (bicyclic) bond motifs is 1. The highest BCUT2D eigenvalue weighted by Crippen LogP contribution is 2.33. The monoisotopic (exact) mass is 166 g/mol. The molecule has 2 nitrogen and oxygen atoms in total. The van der Waals surface area contributed by atoms with Crippen molar-refractivity contribution < 1.29 is 10.2 Å². The minimum Gasteiger partial charge on any atom is -0.392 e. The van der Waals surface area contributed by atoms with Gasteiger partial charge >= 0.3 is 0 Å². The molecular weight excluding hydrogens is 152 g/mol. The number of rotatable bonds is 0. The Bertz CT molecular complexity index is 196. The lowest BCUT2D eigenvalue weighted by molar-refractivity contribution is 0.0366. The highest BCUT2D eigenvalue weighted by Gasteiger charge is 2.33. The van der Waals surface area contributed by atoms with Crippen LogP contribution in [0.2, 0.25) is 0 Å². The van der Waals surface area contributed by atoms with Gasteiger partial charge in [-0.2, -0.15) is 0 Å². The van der Waals surface area contributed by atoms with Crippen LogP contribution in [0.25, 0.3) is 0 Å². The Hall–Kier alpha value is -0.600. The third kappa shape index (κ3) is 1.21. The molecule has 66 valence electrons. The summed E-state index contributed by atoms with van der Waals surface area (Å²) >= 11 is 0. The predicted octanol–water partition coefficient (Wildman–Crippen LogP) is 0.860. The van der Waals surface area contributed by atoms with E-state index in [2.05, 4.69) is 0 Å². The lowest BCUT2D eigenvalue weighted by Gasteiger charge is -2.35. The van der Waals surface area contributed by atoms with Gasteiger partial charge in [0.2, 0.25) is 0 Å². The summed E-state index contributed by atoms with van der Waals surface area (Å²) in [6.45, 7) is 0. The molecule has 0 amide bonds. The maximum atomic E-state index is 9.61. The first kappa shape index (κ1) is 8.02. The average Bonchev–Trinajstić information content (AvgIpc) is 2.07. The van der Waals surface area contributed by atoms with Gasteiger partial charge in [-0.3, -0.25) is 0 Å². The van der Waals surface area contributed by atoms with Crippen LogP contribution in [0.5, 0.6) is 0 Å². The third-order valence-electron chi connectivity index (χ3n) is 2.80. The fourth-order valence-corrected chi connectivity index (χ4v) is 2.09. The molecule has 0 bridgehead atoms. The van der Waals surface area contributed by atoms with Gasteiger partial charge in [0, 0.05) is 11.8 Å². The molecular formula is C10H14O2. The number of hydrogen-bond donors (Lipinski definition) is 2. The van der Waals surface area contributed by atoms with Crippen LogP contribution in [-0.4, -0.2) is 22.4 Å². The standard InChI is InChI=1S/C10H14O2/c11-9-5-1-3-7-8(9)4-2-6-10(7)12/h1-4,7-12H,5-6H2. The molecule has 4 atom stereocenters. The maximum Gasteiger partial charge on any atom is 0.0643 e. The molecule has 2 aliphatic carbocycles. The van der Waals surface area contributed by atoms with Gasteiger partial charge in [-0.25, -0.2) is 0 Å². The van der Waals surface area contributed by atoms with Crippen LogP contribution < -0.4 is 0 Å². The van der Waals surface area contributed by atoms with E-state index in [1.807, 2.05) is 24.3 Å². The van der Waals surface area contributed by atoms with Gasteiger partial charge in [-0.15, -0.1) is 0 Å². The van der Waals surface area contributed by atoms with Crippen molar-refractivity contribution in [1.29, 1.82) is 0 Å². The molecule has 2 rings (SSSR count). The van der Waals surface area contributed by atoms with Crippen molar-refractivity contribution in [3.8, 4) is 0 Å². The molecule has 0 aromatic carbocycles. The largest absolute Gasteiger partial charge is 0.392 e. The van der Waals surface area contributed by atoms with Gasteiger partial charge < -0.3 is 10.2 Å². The number of aliphatic hydroxyl groups excluding tert-OH is 2. The third-order valence-corrected chi connectivity index (χ3v) is 2.80. The van der Waals surface area contributed by atoms with Crippen LogP contribution in [0.1, 0.15) is 12.8 Å². The lowest BCUT2D eigenvalue weighted by Crippen LogP contribution is -2.37. The van der Waals surface area contributed by atoms with E-state index in [1.165, 1.54) is 0 Å². The SMILES string of the molecule is OC1CC=CC2C(O)CC=CC12. The zero-order chi connectivity index (χ0) is 8.55. The Morgan fingerprint density at radius 1 is 0.833 bits per heavy atom. The Morgan fingerprint density at radius 3 is 1.67 bits per heavy atom. The first-order valence-electron chi connectivity index (χ1n) is 4.48. The fraction of sp³-hybridized carbons (Fsp3) is 0.600. The molecule has 0 saturated heterocycles. The van der Waals surface area contributed by atoms with Crippen molar-refractivity contribution in [2.24, 2.45) is 11.8 Å². The predicted molar refractivity (Wildman–Crippen MR) is 46.5 cm³/mol. The second kappa shape index (κ2) is 3.04. The molecule has 0 aromatic rings. The smallest absolute Gasteiger partial charge is 0.0643 e. The van der Waals surface area contributed by atoms with E-state index < -0.39 is 0 Å². The zero-order valence-corrected chi connectivity index (χ0v) is 6.93. The van der Waals surface area contributed by atoms with Crippen molar-refractivity contribution in [1.82, 2.24) is 0 Å². The summed E-state index contributed by atoms with van der Waals surface area (Å²) in [6.07, 6.45) is 8.84. The summed E-state index contributed by atoms with van der Waals surface area (Å²) in [7, 11) is 0. The summed E-state index contributed by atoms with van der Waals surface area (Å²) in [4.78, 5) is 0. The molecule has 4 unspecified atom stereocenters. The number of hydrogen-bond acceptors (Lipinski definition) is 2. The highest BCUT2D eigenvalue weighted by atomic mass is 16.3. The summed E-state index contributed by atoms with van der Waals surface area (Å²) in [6, 6.07) is 0. The summed E-state index contributed by atoms with van der Waals surface area (Å²) in [5.41, 5.74) is 0. The molecule has 2 heteroatoms. The van der Waals surface area contributed by atoms with Crippen LogP contribution >= 0.6 is 0 Å². The summed E-state index contributed by atoms with van der Waals surface area (Å²) in [5.74, 6) is 0.275. The van der Waals surface area contributed by atoms with Gasteiger partial charge in [-0.1, -0.05) is 24.3 Å². The van der Waals surface area contributed by atoms with Crippen LogP contribution in [-0.2, 0) is 0 Å². The molecule has 0 spiro atoms. The molecule has 12 heavy (non-hydrogen) atoms. The van der Waals surface area contributed by atoms with E-state index in [0.717, 1.165) is 12.8 Å². The summed E-state index contributed by atoms with van der Waals surface area (Å²) in [5, 5.41) is 19.2.